The molecule has 0 aromatic carbocycles. The predicted octanol–water partition coefficient (Wildman–Crippen LogP) is 1.35. The summed E-state index contributed by atoms with van der Waals surface area (Å²) in [4.78, 5) is 0. The van der Waals surface area contributed by atoms with Gasteiger partial charge in [-0.15, -0.1) is 12.3 Å². The molecule has 1 nitrogen and oxygen atoms in total. The van der Waals surface area contributed by atoms with E-state index < -0.39 is 0 Å². The Labute approximate surface area is 61.1 Å². The molecule has 0 radical (unpaired) electrons. The average Bonchev–Trinajstić information content (AvgIpc) is 1.89. The Bertz CT molecular complexity index is 113. The monoisotopic (exact) mass is 143 g/mol. The Morgan fingerprint density at radius 1 is 1.67 bits per heavy atom. The number of halogens is 1. The van der Waals surface area contributed by atoms with Crippen LogP contribution in [0.1, 0.15) is 6.42 Å². The molecule has 2 heteroatoms. The Morgan fingerprint density at radius 3 is 3.00 bits per heavy atom. The molecule has 0 aromatic heterocycles. The van der Waals surface area contributed by atoms with Crippen molar-refractivity contribution >= 4 is 11.6 Å². The Hall–Kier alpha value is -0.450. The first-order valence-electron chi connectivity index (χ1n) is 2.81. The Balaban J connectivity index is 2.85. The fourth-order valence-electron chi connectivity index (χ4n) is 0.390. The third kappa shape index (κ3) is 7.55. The largest absolute Gasteiger partial charge is 0.312 e. The van der Waals surface area contributed by atoms with Crippen molar-refractivity contribution in [1.82, 2.24) is 5.32 Å². The summed E-state index contributed by atoms with van der Waals surface area (Å²) >= 11 is 5.25. The highest BCUT2D eigenvalue weighted by Crippen LogP contribution is 1.75. The minimum absolute atomic E-state index is 0.774. The molecule has 0 fully saturated rings. The summed E-state index contributed by atoms with van der Waals surface area (Å²) in [6.07, 6.45) is 7.61. The third-order valence-corrected chi connectivity index (χ3v) is 0.976. The van der Waals surface area contributed by atoms with Gasteiger partial charge in [0, 0.05) is 25.0 Å². The van der Waals surface area contributed by atoms with Crippen molar-refractivity contribution in [3.63, 3.8) is 0 Å². The van der Waals surface area contributed by atoms with Crippen molar-refractivity contribution in [2.45, 2.75) is 6.42 Å². The molecule has 0 saturated carbocycles. The summed E-state index contributed by atoms with van der Waals surface area (Å²) in [5, 5.41) is 3.07. The van der Waals surface area contributed by atoms with Crippen LogP contribution in [0.2, 0.25) is 0 Å². The van der Waals surface area contributed by atoms with Gasteiger partial charge in [-0.1, -0.05) is 17.7 Å². The maximum Gasteiger partial charge on any atom is 0.0212 e. The summed E-state index contributed by atoms with van der Waals surface area (Å²) in [7, 11) is 0. The topological polar surface area (TPSA) is 12.0 Å². The van der Waals surface area contributed by atoms with Crippen LogP contribution >= 0.6 is 11.6 Å². The lowest BCUT2D eigenvalue weighted by Crippen LogP contribution is -2.13. The van der Waals surface area contributed by atoms with Crippen LogP contribution in [-0.2, 0) is 0 Å². The molecule has 1 N–H and O–H groups in total. The van der Waals surface area contributed by atoms with E-state index >= 15 is 0 Å². The van der Waals surface area contributed by atoms with Crippen LogP contribution in [0.4, 0.5) is 0 Å². The van der Waals surface area contributed by atoms with Crippen molar-refractivity contribution < 1.29 is 0 Å². The number of hydrogen-bond acceptors (Lipinski definition) is 1. The minimum atomic E-state index is 0.774. The van der Waals surface area contributed by atoms with Crippen LogP contribution in [0.25, 0.3) is 0 Å². The predicted molar refractivity (Wildman–Crippen MR) is 41.3 cm³/mol. The molecule has 0 rings (SSSR count). The maximum atomic E-state index is 5.25. The van der Waals surface area contributed by atoms with E-state index in [4.69, 9.17) is 18.0 Å². The summed E-state index contributed by atoms with van der Waals surface area (Å²) in [6, 6.07) is 0. The third-order valence-electron chi connectivity index (χ3n) is 0.797. The van der Waals surface area contributed by atoms with Gasteiger partial charge in [-0.3, -0.25) is 0 Å². The average molecular weight is 144 g/mol. The second-order valence-corrected chi connectivity index (χ2v) is 1.77. The van der Waals surface area contributed by atoms with E-state index in [2.05, 4.69) is 11.2 Å². The van der Waals surface area contributed by atoms with Crippen molar-refractivity contribution in [2.24, 2.45) is 0 Å². The molecule has 0 atom stereocenters. The quantitative estimate of drug-likeness (QED) is 0.463. The second-order valence-electron chi connectivity index (χ2n) is 1.52. The lowest BCUT2D eigenvalue weighted by Gasteiger charge is -1.93. The van der Waals surface area contributed by atoms with E-state index in [1.165, 1.54) is 5.54 Å². The van der Waals surface area contributed by atoms with Gasteiger partial charge < -0.3 is 5.32 Å². The zero-order valence-electron chi connectivity index (χ0n) is 5.23. The normalized spacial score (nSPS) is 9.78. The van der Waals surface area contributed by atoms with Crippen LogP contribution in [0, 0.1) is 12.3 Å². The number of rotatable bonds is 4. The molecule has 0 bridgehead atoms. The number of nitrogens with one attached hydrogen (secondary N) is 1. The molecule has 0 unspecified atom stereocenters. The summed E-state index contributed by atoms with van der Waals surface area (Å²) in [5.74, 6) is 2.53. The van der Waals surface area contributed by atoms with Crippen LogP contribution in [-0.4, -0.2) is 13.1 Å². The Morgan fingerprint density at radius 2 is 2.44 bits per heavy atom. The van der Waals surface area contributed by atoms with Crippen molar-refractivity contribution in [3.8, 4) is 12.3 Å². The molecular weight excluding hydrogens is 134 g/mol. The molecule has 50 valence electrons. The van der Waals surface area contributed by atoms with Gasteiger partial charge in [0.1, 0.15) is 0 Å². The molecule has 0 aliphatic heterocycles. The first kappa shape index (κ1) is 8.55. The fourth-order valence-corrected chi connectivity index (χ4v) is 0.480. The molecule has 0 aliphatic rings. The van der Waals surface area contributed by atoms with Crippen molar-refractivity contribution in [1.29, 1.82) is 0 Å². The van der Waals surface area contributed by atoms with Gasteiger partial charge in [0.2, 0.25) is 0 Å². The first-order valence-corrected chi connectivity index (χ1v) is 3.25. The molecule has 0 aromatic rings. The zero-order chi connectivity index (χ0) is 6.95. The summed E-state index contributed by atoms with van der Waals surface area (Å²) in [5.41, 5.74) is 1.49. The van der Waals surface area contributed by atoms with E-state index in [-0.39, 0.29) is 0 Å². The van der Waals surface area contributed by atoms with Gasteiger partial charge in [0.15, 0.2) is 0 Å². The van der Waals surface area contributed by atoms with Gasteiger partial charge in [0.25, 0.3) is 0 Å². The summed E-state index contributed by atoms with van der Waals surface area (Å²) in [6.45, 7) is 1.66. The van der Waals surface area contributed by atoms with Gasteiger partial charge >= 0.3 is 0 Å². The second kappa shape index (κ2) is 7.55. The van der Waals surface area contributed by atoms with Crippen LogP contribution in [0.5, 0.6) is 0 Å². The molecule has 0 saturated heterocycles. The van der Waals surface area contributed by atoms with Crippen LogP contribution in [0.3, 0.4) is 0 Å². The highest BCUT2D eigenvalue weighted by Gasteiger charge is 1.77. The van der Waals surface area contributed by atoms with Gasteiger partial charge in [0.05, 0.1) is 0 Å². The lowest BCUT2D eigenvalue weighted by molar-refractivity contribution is 0.765. The highest BCUT2D eigenvalue weighted by atomic mass is 35.5. The molecule has 0 spiro atoms. The molecule has 0 aliphatic carbocycles. The first-order chi connectivity index (χ1) is 4.41. The van der Waals surface area contributed by atoms with E-state index in [1.807, 2.05) is 6.08 Å². The van der Waals surface area contributed by atoms with E-state index in [0.29, 0.717) is 0 Å². The molecule has 0 heterocycles. The van der Waals surface area contributed by atoms with Crippen LogP contribution in [0.15, 0.2) is 11.6 Å². The zero-order valence-corrected chi connectivity index (χ0v) is 5.99. The molecule has 9 heavy (non-hydrogen) atoms. The maximum absolute atomic E-state index is 5.25. The summed E-state index contributed by atoms with van der Waals surface area (Å²) < 4.78 is 0. The van der Waals surface area contributed by atoms with E-state index in [9.17, 15) is 0 Å². The number of terminal acetylenes is 1. The van der Waals surface area contributed by atoms with Crippen molar-refractivity contribution in [2.75, 3.05) is 13.1 Å². The molecular formula is C7H10ClN. The van der Waals surface area contributed by atoms with Gasteiger partial charge in [-0.05, 0) is 0 Å². The van der Waals surface area contributed by atoms with Gasteiger partial charge in [-0.25, -0.2) is 0 Å². The lowest BCUT2D eigenvalue weighted by atomic mass is 10.4. The smallest absolute Gasteiger partial charge is 0.0212 e. The molecule has 0 amide bonds. The highest BCUT2D eigenvalue weighted by molar-refractivity contribution is 6.25. The SMILES string of the molecule is C#CCCNC/C=C/Cl. The van der Waals surface area contributed by atoms with Crippen LogP contribution < -0.4 is 5.32 Å². The standard InChI is InChI=1S/C7H10ClN/c1-2-3-6-9-7-4-5-8/h1,4-5,9H,3,6-7H2/b5-4+. The Kier molecular flexibility index (Phi) is 7.17. The number of hydrogen-bond donors (Lipinski definition) is 1. The van der Waals surface area contributed by atoms with Gasteiger partial charge in [-0.2, -0.15) is 0 Å². The van der Waals surface area contributed by atoms with E-state index in [0.717, 1.165) is 19.5 Å². The van der Waals surface area contributed by atoms with Crippen molar-refractivity contribution in [3.05, 3.63) is 11.6 Å². The fraction of sp³-hybridized carbons (Fsp3) is 0.429. The minimum Gasteiger partial charge on any atom is -0.312 e. The van der Waals surface area contributed by atoms with E-state index in [1.54, 1.807) is 0 Å².